The van der Waals surface area contributed by atoms with Crippen LogP contribution >= 0.6 is 35.6 Å². The monoisotopic (exact) mass is 555 g/mol. The first-order valence-corrected chi connectivity index (χ1v) is 10.6. The van der Waals surface area contributed by atoms with E-state index in [4.69, 9.17) is 11.6 Å². The van der Waals surface area contributed by atoms with Gasteiger partial charge in [-0.2, -0.15) is 0 Å². The number of benzene rings is 2. The van der Waals surface area contributed by atoms with E-state index in [0.717, 1.165) is 35.2 Å². The summed E-state index contributed by atoms with van der Waals surface area (Å²) >= 11 is 6.02. The van der Waals surface area contributed by atoms with Crippen molar-refractivity contribution in [2.45, 2.75) is 25.4 Å². The van der Waals surface area contributed by atoms with Crippen LogP contribution in [-0.4, -0.2) is 51.0 Å². The third-order valence-electron chi connectivity index (χ3n) is 5.35. The number of hydrogen-bond donors (Lipinski definition) is 2. The molecule has 1 saturated heterocycles. The minimum Gasteiger partial charge on any atom is -0.354 e. The van der Waals surface area contributed by atoms with Gasteiger partial charge in [-0.1, -0.05) is 35.9 Å². The Balaban J connectivity index is 0.00000341. The molecule has 0 radical (unpaired) electrons. The van der Waals surface area contributed by atoms with Gasteiger partial charge in [0, 0.05) is 43.8 Å². The van der Waals surface area contributed by atoms with E-state index in [9.17, 15) is 4.79 Å². The average Bonchev–Trinajstić information content (AvgIpc) is 3.17. The summed E-state index contributed by atoms with van der Waals surface area (Å²) in [5.74, 6) is 0.955. The summed E-state index contributed by atoms with van der Waals surface area (Å²) in [5, 5.41) is 7.50. The maximum Gasteiger partial charge on any atom is 0.227 e. The molecule has 1 unspecified atom stereocenters. The number of amides is 1. The summed E-state index contributed by atoms with van der Waals surface area (Å²) in [5.41, 5.74) is 3.30. The van der Waals surface area contributed by atoms with E-state index in [1.165, 1.54) is 5.56 Å². The number of halogens is 2. The maximum atomic E-state index is 11.9. The van der Waals surface area contributed by atoms with Crippen molar-refractivity contribution in [3.8, 4) is 0 Å². The van der Waals surface area contributed by atoms with E-state index in [1.54, 1.807) is 7.05 Å². The predicted molar refractivity (Wildman–Crippen MR) is 140 cm³/mol. The molecule has 0 saturated carbocycles. The van der Waals surface area contributed by atoms with Crippen LogP contribution in [-0.2, 0) is 11.3 Å². The van der Waals surface area contributed by atoms with Crippen LogP contribution in [0.1, 0.15) is 30.0 Å². The number of guanidine groups is 1. The zero-order chi connectivity index (χ0) is 21.5. The summed E-state index contributed by atoms with van der Waals surface area (Å²) in [7, 11) is 5.89. The molecule has 1 aliphatic rings. The van der Waals surface area contributed by atoms with Crippen LogP contribution in [0.3, 0.4) is 0 Å². The molecule has 2 aromatic rings. The molecule has 8 heteroatoms. The molecule has 0 spiro atoms. The number of rotatable bonds is 7. The van der Waals surface area contributed by atoms with E-state index >= 15 is 0 Å². The van der Waals surface area contributed by atoms with Gasteiger partial charge in [-0.3, -0.25) is 9.79 Å². The summed E-state index contributed by atoms with van der Waals surface area (Å²) in [6.45, 7) is 2.18. The van der Waals surface area contributed by atoms with Crippen molar-refractivity contribution >= 4 is 53.1 Å². The number of nitrogens with zero attached hydrogens (tertiary/aromatic N) is 3. The van der Waals surface area contributed by atoms with Crippen molar-refractivity contribution in [1.29, 1.82) is 0 Å². The largest absolute Gasteiger partial charge is 0.354 e. The first kappa shape index (κ1) is 25.4. The van der Waals surface area contributed by atoms with Crippen LogP contribution in [0.4, 0.5) is 5.69 Å². The van der Waals surface area contributed by atoms with Crippen LogP contribution in [0.25, 0.3) is 0 Å². The van der Waals surface area contributed by atoms with Crippen molar-refractivity contribution in [3.63, 3.8) is 0 Å². The summed E-state index contributed by atoms with van der Waals surface area (Å²) in [6.07, 6.45) is 1.59. The van der Waals surface area contributed by atoms with Gasteiger partial charge in [0.15, 0.2) is 5.96 Å². The molecule has 2 N–H and O–H groups in total. The fraction of sp³-hybridized carbons (Fsp3) is 0.391. The van der Waals surface area contributed by atoms with Crippen molar-refractivity contribution in [1.82, 2.24) is 15.5 Å². The molecular weight excluding hydrogens is 525 g/mol. The van der Waals surface area contributed by atoms with Gasteiger partial charge in [-0.05, 0) is 55.9 Å². The van der Waals surface area contributed by atoms with Crippen molar-refractivity contribution < 1.29 is 4.79 Å². The number of carbonyl (C=O) groups excluding carboxylic acids is 1. The molecular formula is C23H31ClIN5O. The highest BCUT2D eigenvalue weighted by atomic mass is 127. The molecule has 1 atom stereocenters. The minimum atomic E-state index is 0. The first-order chi connectivity index (χ1) is 14.5. The Labute approximate surface area is 207 Å². The lowest BCUT2D eigenvalue weighted by atomic mass is 10.1. The third kappa shape index (κ3) is 7.08. The normalized spacial score (nSPS) is 15.1. The molecule has 6 nitrogen and oxygen atoms in total. The standard InChI is InChI=1S/C23H30ClN5O.HI/c1-25-23(27-16-21(28(2)3)18-8-10-19(24)11-9-18)26-15-17-6-12-20(13-7-17)29-14-4-5-22(29)30;/h6-13,21H,4-5,14-16H2,1-3H3,(H2,25,26,27);1H. The Kier molecular flexibility index (Phi) is 10.1. The highest BCUT2D eigenvalue weighted by Crippen LogP contribution is 2.22. The van der Waals surface area contributed by atoms with E-state index in [0.29, 0.717) is 19.5 Å². The molecule has 0 aromatic heterocycles. The van der Waals surface area contributed by atoms with Crippen LogP contribution in [0.5, 0.6) is 0 Å². The minimum absolute atomic E-state index is 0. The van der Waals surface area contributed by atoms with Gasteiger partial charge in [-0.25, -0.2) is 0 Å². The molecule has 31 heavy (non-hydrogen) atoms. The van der Waals surface area contributed by atoms with Gasteiger partial charge in [0.1, 0.15) is 0 Å². The molecule has 1 heterocycles. The second-order valence-corrected chi connectivity index (χ2v) is 8.09. The summed E-state index contributed by atoms with van der Waals surface area (Å²) in [6, 6.07) is 16.3. The molecule has 1 aliphatic heterocycles. The topological polar surface area (TPSA) is 60.0 Å². The molecule has 2 aromatic carbocycles. The highest BCUT2D eigenvalue weighted by Gasteiger charge is 2.21. The second-order valence-electron chi connectivity index (χ2n) is 7.65. The maximum absolute atomic E-state index is 11.9. The quantitative estimate of drug-likeness (QED) is 0.307. The second kappa shape index (κ2) is 12.3. The lowest BCUT2D eigenvalue weighted by Gasteiger charge is -2.26. The van der Waals surface area contributed by atoms with Gasteiger partial charge in [0.25, 0.3) is 0 Å². The predicted octanol–water partition coefficient (Wildman–Crippen LogP) is 4.05. The summed E-state index contributed by atoms with van der Waals surface area (Å²) < 4.78 is 0. The molecule has 1 amide bonds. The lowest BCUT2D eigenvalue weighted by Crippen LogP contribution is -2.41. The fourth-order valence-electron chi connectivity index (χ4n) is 3.60. The van der Waals surface area contributed by atoms with E-state index in [-0.39, 0.29) is 35.9 Å². The van der Waals surface area contributed by atoms with Gasteiger partial charge < -0.3 is 20.4 Å². The molecule has 3 rings (SSSR count). The fourth-order valence-corrected chi connectivity index (χ4v) is 3.72. The van der Waals surface area contributed by atoms with Gasteiger partial charge in [0.05, 0.1) is 6.04 Å². The van der Waals surface area contributed by atoms with E-state index in [2.05, 4.69) is 58.9 Å². The first-order valence-electron chi connectivity index (χ1n) is 10.2. The van der Waals surface area contributed by atoms with Gasteiger partial charge in [0.2, 0.25) is 5.91 Å². The van der Waals surface area contributed by atoms with Crippen molar-refractivity contribution in [2.75, 3.05) is 39.1 Å². The number of nitrogens with one attached hydrogen (secondary N) is 2. The van der Waals surface area contributed by atoms with Crippen LogP contribution in [0, 0.1) is 0 Å². The van der Waals surface area contributed by atoms with Crippen LogP contribution in [0.15, 0.2) is 53.5 Å². The Hall–Kier alpha value is -1.84. The number of carbonyl (C=O) groups is 1. The van der Waals surface area contributed by atoms with Crippen molar-refractivity contribution in [2.24, 2.45) is 4.99 Å². The summed E-state index contributed by atoms with van der Waals surface area (Å²) in [4.78, 5) is 20.2. The molecule has 1 fully saturated rings. The molecule has 0 aliphatic carbocycles. The number of hydrogen-bond acceptors (Lipinski definition) is 3. The Morgan fingerprint density at radius 1 is 1.13 bits per heavy atom. The van der Waals surface area contributed by atoms with Crippen LogP contribution in [0.2, 0.25) is 5.02 Å². The zero-order valence-electron chi connectivity index (χ0n) is 18.3. The van der Waals surface area contributed by atoms with E-state index in [1.807, 2.05) is 29.2 Å². The SMILES string of the molecule is CN=C(NCc1ccc(N2CCCC2=O)cc1)NCC(c1ccc(Cl)cc1)N(C)C.I. The molecule has 0 bridgehead atoms. The highest BCUT2D eigenvalue weighted by molar-refractivity contribution is 14.0. The number of likely N-dealkylation sites (N-methyl/N-ethyl adjacent to an activating group) is 1. The smallest absolute Gasteiger partial charge is 0.227 e. The van der Waals surface area contributed by atoms with Gasteiger partial charge in [-0.15, -0.1) is 24.0 Å². The Morgan fingerprint density at radius 3 is 2.35 bits per heavy atom. The average molecular weight is 556 g/mol. The van der Waals surface area contributed by atoms with E-state index < -0.39 is 0 Å². The number of anilines is 1. The lowest BCUT2D eigenvalue weighted by molar-refractivity contribution is -0.117. The molecule has 168 valence electrons. The van der Waals surface area contributed by atoms with Crippen LogP contribution < -0.4 is 15.5 Å². The number of aliphatic imine (C=N–C) groups is 1. The zero-order valence-corrected chi connectivity index (χ0v) is 21.4. The third-order valence-corrected chi connectivity index (χ3v) is 5.60. The van der Waals surface area contributed by atoms with Crippen molar-refractivity contribution in [3.05, 3.63) is 64.7 Å². The Bertz CT molecular complexity index is 871. The van der Waals surface area contributed by atoms with Gasteiger partial charge >= 0.3 is 0 Å². The Morgan fingerprint density at radius 2 is 1.81 bits per heavy atom.